The van der Waals surface area contributed by atoms with E-state index in [1.165, 1.54) is 16.4 Å². The van der Waals surface area contributed by atoms with E-state index >= 15 is 0 Å². The van der Waals surface area contributed by atoms with Gasteiger partial charge in [-0.2, -0.15) is 0 Å². The Kier molecular flexibility index (Phi) is 5.86. The molecule has 2 aromatic rings. The van der Waals surface area contributed by atoms with Crippen molar-refractivity contribution in [1.29, 1.82) is 0 Å². The molecule has 7 nitrogen and oxygen atoms in total. The lowest BCUT2D eigenvalue weighted by Gasteiger charge is -2.11. The molecule has 0 saturated carbocycles. The second kappa shape index (κ2) is 7.87. The van der Waals surface area contributed by atoms with Gasteiger partial charge in [0.25, 0.3) is 0 Å². The van der Waals surface area contributed by atoms with E-state index in [9.17, 15) is 4.79 Å². The largest absolute Gasteiger partial charge is 0.492 e. The van der Waals surface area contributed by atoms with Crippen LogP contribution in [0.25, 0.3) is 0 Å². The molecule has 8 heteroatoms. The topological polar surface area (TPSA) is 95.1 Å². The van der Waals surface area contributed by atoms with Gasteiger partial charge in [0, 0.05) is 5.92 Å². The van der Waals surface area contributed by atoms with Gasteiger partial charge in [-0.15, -0.1) is 10.2 Å². The van der Waals surface area contributed by atoms with Gasteiger partial charge in [0.05, 0.1) is 18.0 Å². The molecule has 0 unspecified atom stereocenters. The summed E-state index contributed by atoms with van der Waals surface area (Å²) in [5.74, 6) is 7.47. The van der Waals surface area contributed by atoms with Crippen LogP contribution in [0.15, 0.2) is 29.4 Å². The summed E-state index contributed by atoms with van der Waals surface area (Å²) in [6.45, 7) is 6.41. The molecule has 1 aromatic carbocycles. The molecule has 0 aliphatic carbocycles. The van der Waals surface area contributed by atoms with Crippen LogP contribution in [-0.2, 0) is 4.79 Å². The van der Waals surface area contributed by atoms with Crippen LogP contribution in [0.2, 0.25) is 0 Å². The van der Waals surface area contributed by atoms with Crippen LogP contribution in [0.3, 0.4) is 0 Å². The van der Waals surface area contributed by atoms with Crippen molar-refractivity contribution in [2.45, 2.75) is 31.8 Å². The average Bonchev–Trinajstić information content (AvgIpc) is 2.88. The van der Waals surface area contributed by atoms with Crippen LogP contribution in [-0.4, -0.2) is 33.1 Å². The highest BCUT2D eigenvalue weighted by molar-refractivity contribution is 7.99. The Balaban J connectivity index is 1.96. The molecule has 0 aliphatic rings. The van der Waals surface area contributed by atoms with Crippen molar-refractivity contribution in [1.82, 2.24) is 14.9 Å². The van der Waals surface area contributed by atoms with E-state index in [1.54, 1.807) is 6.07 Å². The average molecular weight is 335 g/mol. The van der Waals surface area contributed by atoms with Gasteiger partial charge in [0.15, 0.2) is 5.82 Å². The molecule has 1 heterocycles. The zero-order valence-corrected chi connectivity index (χ0v) is 14.3. The van der Waals surface area contributed by atoms with Crippen molar-refractivity contribution in [2.75, 3.05) is 23.5 Å². The Hall–Kier alpha value is -2.22. The van der Waals surface area contributed by atoms with Crippen molar-refractivity contribution in [2.24, 2.45) is 0 Å². The fraction of sp³-hybridized carbons (Fsp3) is 0.400. The van der Waals surface area contributed by atoms with Gasteiger partial charge in [0.2, 0.25) is 11.1 Å². The van der Waals surface area contributed by atoms with Crippen LogP contribution in [0.5, 0.6) is 5.75 Å². The molecule has 1 aromatic heterocycles. The number of para-hydroxylation sites is 2. The zero-order chi connectivity index (χ0) is 16.8. The first-order valence-electron chi connectivity index (χ1n) is 7.37. The number of nitrogen functional groups attached to an aromatic ring is 1. The molecule has 0 bridgehead atoms. The van der Waals surface area contributed by atoms with Crippen molar-refractivity contribution in [3.8, 4) is 5.75 Å². The van der Waals surface area contributed by atoms with Crippen molar-refractivity contribution >= 4 is 23.4 Å². The first-order valence-corrected chi connectivity index (χ1v) is 8.36. The van der Waals surface area contributed by atoms with E-state index < -0.39 is 0 Å². The molecule has 0 aliphatic heterocycles. The lowest BCUT2D eigenvalue weighted by Crippen LogP contribution is -2.18. The molecule has 0 spiro atoms. The number of amides is 1. The summed E-state index contributed by atoms with van der Waals surface area (Å²) in [7, 11) is 0. The number of anilines is 1. The van der Waals surface area contributed by atoms with Gasteiger partial charge in [-0.05, 0) is 19.1 Å². The number of hydrogen-bond donors (Lipinski definition) is 2. The second-order valence-corrected chi connectivity index (χ2v) is 6.07. The molecule has 3 N–H and O–H groups in total. The lowest BCUT2D eigenvalue weighted by molar-refractivity contribution is -0.113. The molecule has 0 saturated heterocycles. The summed E-state index contributed by atoms with van der Waals surface area (Å²) in [6.07, 6.45) is 0. The number of nitrogens with one attached hydrogen (secondary N) is 1. The van der Waals surface area contributed by atoms with E-state index in [0.29, 0.717) is 29.0 Å². The number of hydrogen-bond acceptors (Lipinski definition) is 6. The fourth-order valence-corrected chi connectivity index (χ4v) is 2.61. The minimum atomic E-state index is -0.156. The third-order valence-corrected chi connectivity index (χ3v) is 3.94. The van der Waals surface area contributed by atoms with Crippen LogP contribution in [0, 0.1) is 0 Å². The van der Waals surface area contributed by atoms with E-state index in [0.717, 1.165) is 0 Å². The molecule has 1 amide bonds. The Morgan fingerprint density at radius 1 is 1.39 bits per heavy atom. The third kappa shape index (κ3) is 4.38. The van der Waals surface area contributed by atoms with Crippen molar-refractivity contribution in [3.63, 3.8) is 0 Å². The Morgan fingerprint density at radius 2 is 2.13 bits per heavy atom. The molecule has 0 fully saturated rings. The minimum Gasteiger partial charge on any atom is -0.492 e. The Labute approximate surface area is 139 Å². The van der Waals surface area contributed by atoms with E-state index in [1.807, 2.05) is 39.0 Å². The lowest BCUT2D eigenvalue weighted by atomic mass is 10.2. The summed E-state index contributed by atoms with van der Waals surface area (Å²) in [5, 5.41) is 11.4. The maximum Gasteiger partial charge on any atom is 0.234 e. The Bertz CT molecular complexity index is 672. The standard InChI is InChI=1S/C15H21N5O2S/c1-4-22-12-8-6-5-7-11(12)17-13(21)9-23-15-19-18-14(10(2)3)20(15)16/h5-8,10H,4,9,16H2,1-3H3,(H,17,21). The summed E-state index contributed by atoms with van der Waals surface area (Å²) >= 11 is 1.24. The molecular weight excluding hydrogens is 314 g/mol. The molecule has 124 valence electrons. The smallest absolute Gasteiger partial charge is 0.234 e. The van der Waals surface area contributed by atoms with Gasteiger partial charge in [-0.1, -0.05) is 37.7 Å². The van der Waals surface area contributed by atoms with Gasteiger partial charge >= 0.3 is 0 Å². The number of ether oxygens (including phenoxy) is 1. The van der Waals surface area contributed by atoms with Crippen LogP contribution in [0.1, 0.15) is 32.5 Å². The summed E-state index contributed by atoms with van der Waals surface area (Å²) in [4.78, 5) is 12.1. The molecular formula is C15H21N5O2S. The number of nitrogens with zero attached hydrogens (tertiary/aromatic N) is 3. The molecule has 0 atom stereocenters. The maximum atomic E-state index is 12.1. The van der Waals surface area contributed by atoms with Crippen molar-refractivity contribution < 1.29 is 9.53 Å². The van der Waals surface area contributed by atoms with E-state index in [2.05, 4.69) is 15.5 Å². The Morgan fingerprint density at radius 3 is 2.78 bits per heavy atom. The highest BCUT2D eigenvalue weighted by atomic mass is 32.2. The zero-order valence-electron chi connectivity index (χ0n) is 13.4. The van der Waals surface area contributed by atoms with E-state index in [4.69, 9.17) is 10.6 Å². The minimum absolute atomic E-state index is 0.156. The quantitative estimate of drug-likeness (QED) is 0.595. The predicted octanol–water partition coefficient (Wildman–Crippen LogP) is 2.24. The normalized spacial score (nSPS) is 10.8. The van der Waals surface area contributed by atoms with E-state index in [-0.39, 0.29) is 17.6 Å². The first-order chi connectivity index (χ1) is 11.0. The molecule has 0 radical (unpaired) electrons. The number of carbonyl (C=O) groups excluding carboxylic acids is 1. The van der Waals surface area contributed by atoms with Gasteiger partial charge in [0.1, 0.15) is 5.75 Å². The second-order valence-electron chi connectivity index (χ2n) is 5.13. The van der Waals surface area contributed by atoms with Crippen LogP contribution in [0.4, 0.5) is 5.69 Å². The monoisotopic (exact) mass is 335 g/mol. The van der Waals surface area contributed by atoms with Gasteiger partial charge in [-0.3, -0.25) is 4.79 Å². The molecule has 2 rings (SSSR count). The summed E-state index contributed by atoms with van der Waals surface area (Å²) in [5.41, 5.74) is 0.650. The van der Waals surface area contributed by atoms with Crippen LogP contribution < -0.4 is 15.9 Å². The van der Waals surface area contributed by atoms with Crippen molar-refractivity contribution in [3.05, 3.63) is 30.1 Å². The number of rotatable bonds is 7. The van der Waals surface area contributed by atoms with Crippen LogP contribution >= 0.6 is 11.8 Å². The number of nitrogens with two attached hydrogens (primary N) is 1. The molecule has 23 heavy (non-hydrogen) atoms. The van der Waals surface area contributed by atoms with Gasteiger partial charge in [-0.25, -0.2) is 4.68 Å². The summed E-state index contributed by atoms with van der Waals surface area (Å²) in [6, 6.07) is 7.32. The number of thioether (sulfide) groups is 1. The highest BCUT2D eigenvalue weighted by Gasteiger charge is 2.15. The predicted molar refractivity (Wildman–Crippen MR) is 91.2 cm³/mol. The number of aromatic nitrogens is 3. The first kappa shape index (κ1) is 17.1. The summed E-state index contributed by atoms with van der Waals surface area (Å²) < 4.78 is 6.91. The number of benzene rings is 1. The van der Waals surface area contributed by atoms with Gasteiger partial charge < -0.3 is 15.9 Å². The third-order valence-electron chi connectivity index (χ3n) is 3.00. The maximum absolute atomic E-state index is 12.1. The SMILES string of the molecule is CCOc1ccccc1NC(=O)CSc1nnc(C(C)C)n1N. The fourth-order valence-electron chi connectivity index (χ4n) is 1.95. The highest BCUT2D eigenvalue weighted by Crippen LogP contribution is 2.24. The number of carbonyl (C=O) groups is 1.